The highest BCUT2D eigenvalue weighted by Crippen LogP contribution is 2.31. The maximum absolute atomic E-state index is 13.0. The van der Waals surface area contributed by atoms with Crippen molar-refractivity contribution in [3.63, 3.8) is 0 Å². The molecule has 0 radical (unpaired) electrons. The summed E-state index contributed by atoms with van der Waals surface area (Å²) in [6.45, 7) is 0.270. The maximum Gasteiger partial charge on any atom is 0.411 e. The molecule has 0 saturated carbocycles. The van der Waals surface area contributed by atoms with Gasteiger partial charge >= 0.3 is 12.1 Å². The molecule has 1 heterocycles. The van der Waals surface area contributed by atoms with Crippen molar-refractivity contribution in [3.05, 3.63) is 53.6 Å². The van der Waals surface area contributed by atoms with Gasteiger partial charge in [0, 0.05) is 18.8 Å². The second-order valence-corrected chi connectivity index (χ2v) is 9.87. The Labute approximate surface area is 214 Å². The fourth-order valence-electron chi connectivity index (χ4n) is 3.67. The largest absolute Gasteiger partial charge is 0.493 e. The molecule has 2 aromatic carbocycles. The lowest BCUT2D eigenvalue weighted by Gasteiger charge is -2.30. The highest BCUT2D eigenvalue weighted by Gasteiger charge is 2.33. The fourth-order valence-corrected chi connectivity index (χ4v) is 5.14. The number of ether oxygens (including phenoxy) is 3. The lowest BCUT2D eigenvalue weighted by atomic mass is 9.98. The van der Waals surface area contributed by atoms with Gasteiger partial charge in [-0.05, 0) is 60.9 Å². The van der Waals surface area contributed by atoms with E-state index in [2.05, 4.69) is 10.1 Å². The lowest BCUT2D eigenvalue weighted by Crippen LogP contribution is -2.41. The van der Waals surface area contributed by atoms with Gasteiger partial charge in [-0.25, -0.2) is 13.2 Å². The molecule has 3 rings (SSSR count). The number of sulfonamides is 1. The summed E-state index contributed by atoms with van der Waals surface area (Å²) in [5.74, 6) is -0.587. The van der Waals surface area contributed by atoms with Crippen LogP contribution < -0.4 is 14.8 Å². The van der Waals surface area contributed by atoms with E-state index >= 15 is 0 Å². The third-order valence-corrected chi connectivity index (χ3v) is 7.57. The van der Waals surface area contributed by atoms with Gasteiger partial charge in [0.25, 0.3) is 0 Å². The number of allylic oxidation sites excluding steroid dienone is 1. The zero-order valence-electron chi connectivity index (χ0n) is 20.1. The number of piperidine rings is 1. The molecule has 192 valence electrons. The van der Waals surface area contributed by atoms with Crippen molar-refractivity contribution in [2.24, 2.45) is 5.92 Å². The summed E-state index contributed by atoms with van der Waals surface area (Å²) in [7, 11) is -1.16. The Bertz CT molecular complexity index is 1370. The third-order valence-electron chi connectivity index (χ3n) is 5.66. The number of benzene rings is 2. The number of anilines is 1. The molecule has 0 spiro atoms. The first-order chi connectivity index (χ1) is 17.7. The van der Waals surface area contributed by atoms with Gasteiger partial charge in [0.2, 0.25) is 10.0 Å². The number of nitrogens with one attached hydrogen (secondary N) is 1. The van der Waals surface area contributed by atoms with E-state index < -0.39 is 28.0 Å². The van der Waals surface area contributed by atoms with E-state index in [1.54, 1.807) is 24.3 Å². The standard InChI is InChI=1S/C25H24N4O7S/c1-34-23-14-17(13-18(15-26)16-27)3-8-22(23)36-24(30)19-9-11-29(12-10-19)37(32,33)21-6-4-20(5-7-21)28-25(31)35-2/h3-8,13-14,19H,9-12H2,1-2H3,(H,28,31). The number of methoxy groups -OCH3 is 2. The third kappa shape index (κ3) is 6.64. The van der Waals surface area contributed by atoms with Crippen LogP contribution >= 0.6 is 0 Å². The number of esters is 1. The summed E-state index contributed by atoms with van der Waals surface area (Å²) in [5, 5.41) is 20.3. The molecule has 11 nitrogen and oxygen atoms in total. The highest BCUT2D eigenvalue weighted by atomic mass is 32.2. The van der Waals surface area contributed by atoms with Gasteiger partial charge in [-0.3, -0.25) is 10.1 Å². The summed E-state index contributed by atoms with van der Waals surface area (Å²) in [5.41, 5.74) is 0.840. The Kier molecular flexibility index (Phi) is 8.85. The average molecular weight is 525 g/mol. The molecule has 2 aromatic rings. The first-order valence-corrected chi connectivity index (χ1v) is 12.5. The zero-order chi connectivity index (χ0) is 27.0. The summed E-state index contributed by atoms with van der Waals surface area (Å²) in [6.07, 6.45) is 1.27. The zero-order valence-corrected chi connectivity index (χ0v) is 20.9. The van der Waals surface area contributed by atoms with Gasteiger partial charge in [-0.2, -0.15) is 14.8 Å². The fraction of sp³-hybridized carbons (Fsp3) is 0.280. The van der Waals surface area contributed by atoms with Crippen molar-refractivity contribution in [1.82, 2.24) is 4.31 Å². The van der Waals surface area contributed by atoms with Crippen LogP contribution in [-0.4, -0.2) is 52.1 Å². The molecule has 1 aliphatic heterocycles. The van der Waals surface area contributed by atoms with E-state index in [9.17, 15) is 18.0 Å². The molecule has 37 heavy (non-hydrogen) atoms. The number of hydrogen-bond acceptors (Lipinski definition) is 9. The normalized spacial score (nSPS) is 13.9. The number of rotatable bonds is 7. The first-order valence-electron chi connectivity index (χ1n) is 11.1. The Morgan fingerprint density at radius 3 is 2.24 bits per heavy atom. The molecular formula is C25H24N4O7S. The Morgan fingerprint density at radius 2 is 1.68 bits per heavy atom. The number of hydrogen-bond donors (Lipinski definition) is 1. The van der Waals surface area contributed by atoms with Gasteiger partial charge in [0.05, 0.1) is 25.0 Å². The Hall–Kier alpha value is -4.39. The maximum atomic E-state index is 13.0. The van der Waals surface area contributed by atoms with Crippen molar-refractivity contribution in [1.29, 1.82) is 10.5 Å². The molecule has 1 fully saturated rings. The minimum Gasteiger partial charge on any atom is -0.493 e. The van der Waals surface area contributed by atoms with Crippen LogP contribution in [-0.2, 0) is 19.6 Å². The average Bonchev–Trinajstić information content (AvgIpc) is 2.92. The molecule has 1 N–H and O–H groups in total. The van der Waals surface area contributed by atoms with E-state index in [1.807, 2.05) is 0 Å². The summed E-state index contributed by atoms with van der Waals surface area (Å²) >= 11 is 0. The summed E-state index contributed by atoms with van der Waals surface area (Å²) in [6, 6.07) is 13.9. The van der Waals surface area contributed by atoms with Gasteiger partial charge < -0.3 is 14.2 Å². The Morgan fingerprint density at radius 1 is 1.03 bits per heavy atom. The van der Waals surface area contributed by atoms with Crippen LogP contribution in [0.25, 0.3) is 6.08 Å². The SMILES string of the molecule is COC(=O)Nc1ccc(S(=O)(=O)N2CCC(C(=O)Oc3ccc(C=C(C#N)C#N)cc3OC)CC2)cc1. The topological polar surface area (TPSA) is 159 Å². The van der Waals surface area contributed by atoms with E-state index in [0.717, 1.165) is 0 Å². The van der Waals surface area contributed by atoms with Crippen LogP contribution in [0.4, 0.5) is 10.5 Å². The van der Waals surface area contributed by atoms with Crippen molar-refractivity contribution in [2.75, 3.05) is 32.6 Å². The molecule has 0 bridgehead atoms. The van der Waals surface area contributed by atoms with Gasteiger partial charge in [-0.1, -0.05) is 6.07 Å². The summed E-state index contributed by atoms with van der Waals surface area (Å²) < 4.78 is 42.7. The molecule has 1 aliphatic rings. The smallest absolute Gasteiger partial charge is 0.411 e. The molecule has 0 aromatic heterocycles. The van der Waals surface area contributed by atoms with E-state index in [-0.39, 0.29) is 47.9 Å². The van der Waals surface area contributed by atoms with Crippen LogP contribution in [0.15, 0.2) is 52.9 Å². The quantitative estimate of drug-likeness (QED) is 0.326. The molecule has 1 saturated heterocycles. The minimum absolute atomic E-state index is 0.0683. The molecule has 0 atom stereocenters. The molecular weight excluding hydrogens is 500 g/mol. The number of nitrogens with zero attached hydrogens (tertiary/aromatic N) is 3. The second kappa shape index (κ2) is 12.0. The van der Waals surface area contributed by atoms with Crippen molar-refractivity contribution < 1.29 is 32.2 Å². The van der Waals surface area contributed by atoms with Gasteiger partial charge in [0.1, 0.15) is 17.7 Å². The first kappa shape index (κ1) is 27.2. The predicted molar refractivity (Wildman–Crippen MR) is 132 cm³/mol. The highest BCUT2D eigenvalue weighted by molar-refractivity contribution is 7.89. The van der Waals surface area contributed by atoms with Crippen LogP contribution in [0, 0.1) is 28.6 Å². The molecule has 12 heteroatoms. The monoisotopic (exact) mass is 524 g/mol. The van der Waals surface area contributed by atoms with Crippen LogP contribution in [0.3, 0.4) is 0 Å². The minimum atomic E-state index is -3.78. The van der Waals surface area contributed by atoms with Crippen molar-refractivity contribution in [3.8, 4) is 23.6 Å². The van der Waals surface area contributed by atoms with Gasteiger partial charge in [-0.15, -0.1) is 0 Å². The van der Waals surface area contributed by atoms with E-state index in [4.69, 9.17) is 20.0 Å². The number of carbonyl (C=O) groups is 2. The Balaban J connectivity index is 1.63. The summed E-state index contributed by atoms with van der Waals surface area (Å²) in [4.78, 5) is 24.1. The van der Waals surface area contributed by atoms with E-state index in [1.165, 1.54) is 54.9 Å². The van der Waals surface area contributed by atoms with Crippen molar-refractivity contribution >= 4 is 33.8 Å². The van der Waals surface area contributed by atoms with Gasteiger partial charge in [0.15, 0.2) is 11.5 Å². The lowest BCUT2D eigenvalue weighted by molar-refractivity contribution is -0.140. The number of nitriles is 2. The molecule has 1 amide bonds. The molecule has 0 unspecified atom stereocenters. The second-order valence-electron chi connectivity index (χ2n) is 7.93. The van der Waals surface area contributed by atoms with Crippen molar-refractivity contribution in [2.45, 2.75) is 17.7 Å². The number of amides is 1. The number of carbonyl (C=O) groups excluding carboxylic acids is 2. The predicted octanol–water partition coefficient (Wildman–Crippen LogP) is 3.31. The molecule has 0 aliphatic carbocycles. The van der Waals surface area contributed by atoms with E-state index in [0.29, 0.717) is 11.3 Å². The van der Waals surface area contributed by atoms with Crippen LogP contribution in [0.2, 0.25) is 0 Å². The van der Waals surface area contributed by atoms with Crippen LogP contribution in [0.1, 0.15) is 18.4 Å². The van der Waals surface area contributed by atoms with Crippen LogP contribution in [0.5, 0.6) is 11.5 Å².